The number of rotatable bonds is 6. The predicted octanol–water partition coefficient (Wildman–Crippen LogP) is 3.51. The van der Waals surface area contributed by atoms with Crippen LogP contribution in [0.4, 0.5) is 0 Å². The number of benzene rings is 2. The van der Waals surface area contributed by atoms with Crippen molar-refractivity contribution in [2.24, 2.45) is 5.73 Å². The van der Waals surface area contributed by atoms with Crippen molar-refractivity contribution in [3.63, 3.8) is 0 Å². The zero-order valence-electron chi connectivity index (χ0n) is 12.3. The van der Waals surface area contributed by atoms with E-state index in [1.165, 1.54) is 16.7 Å². The molecule has 2 aromatic carbocycles. The highest BCUT2D eigenvalue weighted by Gasteiger charge is 2.05. The molecule has 2 rings (SSSR count). The smallest absolute Gasteiger partial charge is 0.118 e. The van der Waals surface area contributed by atoms with E-state index in [1.807, 2.05) is 12.1 Å². The molecule has 0 heterocycles. The lowest BCUT2D eigenvalue weighted by molar-refractivity contribution is 0.414. The van der Waals surface area contributed by atoms with Crippen LogP contribution in [-0.2, 0) is 12.8 Å². The third-order valence-electron chi connectivity index (χ3n) is 3.54. The summed E-state index contributed by atoms with van der Waals surface area (Å²) in [5, 5.41) is 0. The van der Waals surface area contributed by atoms with Gasteiger partial charge in [-0.2, -0.15) is 0 Å². The fourth-order valence-electron chi connectivity index (χ4n) is 2.39. The van der Waals surface area contributed by atoms with Crippen LogP contribution >= 0.6 is 0 Å². The van der Waals surface area contributed by atoms with Crippen molar-refractivity contribution in [1.82, 2.24) is 0 Å². The quantitative estimate of drug-likeness (QED) is 0.871. The zero-order valence-corrected chi connectivity index (χ0v) is 12.3. The van der Waals surface area contributed by atoms with Crippen molar-refractivity contribution in [2.75, 3.05) is 7.11 Å². The van der Waals surface area contributed by atoms with Gasteiger partial charge in [-0.05, 0) is 49.4 Å². The number of hydrogen-bond donors (Lipinski definition) is 1. The molecule has 1 unspecified atom stereocenters. The summed E-state index contributed by atoms with van der Waals surface area (Å²) in [4.78, 5) is 0. The van der Waals surface area contributed by atoms with Gasteiger partial charge in [0.15, 0.2) is 0 Å². The molecule has 2 N–H and O–H groups in total. The molecule has 0 aliphatic rings. The second kappa shape index (κ2) is 7.11. The summed E-state index contributed by atoms with van der Waals surface area (Å²) < 4.78 is 5.16. The fourth-order valence-corrected chi connectivity index (χ4v) is 2.39. The van der Waals surface area contributed by atoms with Crippen LogP contribution in [0.2, 0.25) is 0 Å². The van der Waals surface area contributed by atoms with Gasteiger partial charge in [-0.15, -0.1) is 0 Å². The third-order valence-corrected chi connectivity index (χ3v) is 3.54. The summed E-state index contributed by atoms with van der Waals surface area (Å²) in [7, 11) is 1.69. The fraction of sp³-hybridized carbons (Fsp3) is 0.333. The summed E-state index contributed by atoms with van der Waals surface area (Å²) in [5.74, 6) is 0.901. The van der Waals surface area contributed by atoms with Crippen LogP contribution in [0.3, 0.4) is 0 Å². The molecule has 0 aromatic heterocycles. The molecule has 106 valence electrons. The Morgan fingerprint density at radius 2 is 1.80 bits per heavy atom. The van der Waals surface area contributed by atoms with E-state index in [9.17, 15) is 0 Å². The Balaban J connectivity index is 1.83. The monoisotopic (exact) mass is 269 g/mol. The van der Waals surface area contributed by atoms with Crippen molar-refractivity contribution in [1.29, 1.82) is 0 Å². The lowest BCUT2D eigenvalue weighted by Crippen LogP contribution is -2.23. The van der Waals surface area contributed by atoms with Gasteiger partial charge in [0.1, 0.15) is 5.75 Å². The Morgan fingerprint density at radius 1 is 1.05 bits per heavy atom. The van der Waals surface area contributed by atoms with Gasteiger partial charge in [-0.25, -0.2) is 0 Å². The van der Waals surface area contributed by atoms with Gasteiger partial charge < -0.3 is 10.5 Å². The lowest BCUT2D eigenvalue weighted by atomic mass is 9.99. The lowest BCUT2D eigenvalue weighted by Gasteiger charge is -2.12. The Morgan fingerprint density at radius 3 is 2.45 bits per heavy atom. The van der Waals surface area contributed by atoms with Crippen LogP contribution < -0.4 is 10.5 Å². The molecule has 0 radical (unpaired) electrons. The molecule has 2 nitrogen and oxygen atoms in total. The first-order chi connectivity index (χ1) is 9.67. The Labute approximate surface area is 121 Å². The van der Waals surface area contributed by atoms with Gasteiger partial charge in [-0.1, -0.05) is 42.0 Å². The van der Waals surface area contributed by atoms with Crippen LogP contribution in [0.1, 0.15) is 23.1 Å². The van der Waals surface area contributed by atoms with Gasteiger partial charge >= 0.3 is 0 Å². The highest BCUT2D eigenvalue weighted by molar-refractivity contribution is 5.27. The molecular weight excluding hydrogens is 246 g/mol. The van der Waals surface area contributed by atoms with Crippen molar-refractivity contribution < 1.29 is 4.74 Å². The molecule has 0 aliphatic carbocycles. The first-order valence-electron chi connectivity index (χ1n) is 7.11. The molecular formula is C18H23NO. The Kier molecular flexibility index (Phi) is 5.19. The highest BCUT2D eigenvalue weighted by atomic mass is 16.5. The minimum atomic E-state index is 0.207. The van der Waals surface area contributed by atoms with E-state index in [4.69, 9.17) is 10.5 Å². The minimum absolute atomic E-state index is 0.207. The minimum Gasteiger partial charge on any atom is -0.497 e. The second-order valence-corrected chi connectivity index (χ2v) is 5.34. The van der Waals surface area contributed by atoms with E-state index in [1.54, 1.807) is 7.11 Å². The van der Waals surface area contributed by atoms with Gasteiger partial charge in [0.25, 0.3) is 0 Å². The molecule has 0 saturated heterocycles. The first-order valence-corrected chi connectivity index (χ1v) is 7.11. The van der Waals surface area contributed by atoms with Crippen LogP contribution in [-0.4, -0.2) is 13.2 Å². The maximum absolute atomic E-state index is 6.24. The predicted molar refractivity (Wildman–Crippen MR) is 84.2 cm³/mol. The van der Waals surface area contributed by atoms with E-state index in [0.717, 1.165) is 25.0 Å². The highest BCUT2D eigenvalue weighted by Crippen LogP contribution is 2.14. The zero-order chi connectivity index (χ0) is 14.4. The number of aryl methyl sites for hydroxylation is 2. The van der Waals surface area contributed by atoms with E-state index in [-0.39, 0.29) is 6.04 Å². The Bertz CT molecular complexity index is 533. The number of ether oxygens (including phenoxy) is 1. The molecule has 0 bridgehead atoms. The molecule has 0 fully saturated rings. The maximum Gasteiger partial charge on any atom is 0.118 e. The van der Waals surface area contributed by atoms with Crippen molar-refractivity contribution >= 4 is 0 Å². The van der Waals surface area contributed by atoms with E-state index in [2.05, 4.69) is 43.3 Å². The number of nitrogens with two attached hydrogens (primary N) is 1. The largest absolute Gasteiger partial charge is 0.497 e. The molecule has 2 aromatic rings. The Hall–Kier alpha value is -1.80. The summed E-state index contributed by atoms with van der Waals surface area (Å²) in [6, 6.07) is 17.0. The molecule has 20 heavy (non-hydrogen) atoms. The average molecular weight is 269 g/mol. The summed E-state index contributed by atoms with van der Waals surface area (Å²) in [6.07, 6.45) is 2.95. The van der Waals surface area contributed by atoms with Crippen molar-refractivity contribution in [3.8, 4) is 5.75 Å². The average Bonchev–Trinajstić information content (AvgIpc) is 2.46. The topological polar surface area (TPSA) is 35.2 Å². The SMILES string of the molecule is COc1ccc(CCC(N)Cc2cccc(C)c2)cc1. The van der Waals surface area contributed by atoms with Gasteiger partial charge in [0, 0.05) is 6.04 Å². The second-order valence-electron chi connectivity index (χ2n) is 5.34. The van der Waals surface area contributed by atoms with Gasteiger partial charge in [0.05, 0.1) is 7.11 Å². The van der Waals surface area contributed by atoms with Crippen LogP contribution in [0, 0.1) is 6.92 Å². The number of methoxy groups -OCH3 is 1. The summed E-state index contributed by atoms with van der Waals surface area (Å²) in [5.41, 5.74) is 10.2. The van der Waals surface area contributed by atoms with E-state index >= 15 is 0 Å². The molecule has 1 atom stereocenters. The van der Waals surface area contributed by atoms with Gasteiger partial charge in [0.2, 0.25) is 0 Å². The van der Waals surface area contributed by atoms with Crippen molar-refractivity contribution in [2.45, 2.75) is 32.2 Å². The van der Waals surface area contributed by atoms with Crippen LogP contribution in [0.15, 0.2) is 48.5 Å². The normalized spacial score (nSPS) is 12.2. The maximum atomic E-state index is 6.24. The number of hydrogen-bond acceptors (Lipinski definition) is 2. The van der Waals surface area contributed by atoms with Crippen molar-refractivity contribution in [3.05, 3.63) is 65.2 Å². The summed E-state index contributed by atoms with van der Waals surface area (Å²) >= 11 is 0. The van der Waals surface area contributed by atoms with Crippen LogP contribution in [0.5, 0.6) is 5.75 Å². The van der Waals surface area contributed by atoms with Crippen LogP contribution in [0.25, 0.3) is 0 Å². The summed E-state index contributed by atoms with van der Waals surface area (Å²) in [6.45, 7) is 2.12. The molecule has 0 amide bonds. The molecule has 0 aliphatic heterocycles. The molecule has 0 spiro atoms. The first kappa shape index (κ1) is 14.6. The third kappa shape index (κ3) is 4.39. The van der Waals surface area contributed by atoms with Gasteiger partial charge in [-0.3, -0.25) is 0 Å². The molecule has 2 heteroatoms. The van der Waals surface area contributed by atoms with E-state index in [0.29, 0.717) is 0 Å². The molecule has 0 saturated carbocycles. The standard InChI is InChI=1S/C18H23NO/c1-14-4-3-5-16(12-14)13-17(19)9-6-15-7-10-18(20-2)11-8-15/h3-5,7-8,10-12,17H,6,9,13,19H2,1-2H3. The van der Waals surface area contributed by atoms with E-state index < -0.39 is 0 Å².